The molecule has 0 bridgehead atoms. The first kappa shape index (κ1) is 18.5. The number of carbonyl (C=O) groups is 1. The minimum Gasteiger partial charge on any atom is -0.483 e. The van der Waals surface area contributed by atoms with Gasteiger partial charge in [-0.15, -0.1) is 0 Å². The van der Waals surface area contributed by atoms with Gasteiger partial charge in [-0.2, -0.15) is 0 Å². The van der Waals surface area contributed by atoms with Crippen molar-refractivity contribution in [1.29, 1.82) is 0 Å². The van der Waals surface area contributed by atoms with Crippen LogP contribution in [0.15, 0.2) is 35.3 Å². The fourth-order valence-corrected chi connectivity index (χ4v) is 3.27. The number of likely N-dealkylation sites (tertiary alicyclic amines) is 1. The van der Waals surface area contributed by atoms with Gasteiger partial charge in [-0.1, -0.05) is 13.0 Å². The zero-order chi connectivity index (χ0) is 18.5. The Morgan fingerprint density at radius 3 is 2.69 bits per heavy atom. The van der Waals surface area contributed by atoms with E-state index in [0.29, 0.717) is 30.2 Å². The second kappa shape index (κ2) is 8.36. The molecule has 0 aliphatic carbocycles. The van der Waals surface area contributed by atoms with E-state index in [4.69, 9.17) is 9.47 Å². The van der Waals surface area contributed by atoms with Crippen molar-refractivity contribution in [3.05, 3.63) is 40.8 Å². The number of pyridine rings is 1. The first-order valence-corrected chi connectivity index (χ1v) is 9.12. The van der Waals surface area contributed by atoms with E-state index in [1.165, 1.54) is 0 Å². The summed E-state index contributed by atoms with van der Waals surface area (Å²) < 4.78 is 12.4. The molecule has 3 rings (SSSR count). The lowest BCUT2D eigenvalue weighted by Gasteiger charge is -2.30. The maximum Gasteiger partial charge on any atom is 0.260 e. The SMILES string of the molecule is COCCn1ccc2c(OCC(=O)N3CCC(C)CC3)cccc2c1=O. The van der Waals surface area contributed by atoms with Gasteiger partial charge in [0, 0.05) is 38.3 Å². The summed E-state index contributed by atoms with van der Waals surface area (Å²) in [5.74, 6) is 1.25. The highest BCUT2D eigenvalue weighted by atomic mass is 16.5. The smallest absolute Gasteiger partial charge is 0.260 e. The molecule has 0 N–H and O–H groups in total. The van der Waals surface area contributed by atoms with Crippen LogP contribution in [-0.2, 0) is 16.1 Å². The van der Waals surface area contributed by atoms with Gasteiger partial charge in [-0.25, -0.2) is 0 Å². The average molecular weight is 358 g/mol. The van der Waals surface area contributed by atoms with E-state index in [1.807, 2.05) is 11.0 Å². The monoisotopic (exact) mass is 358 g/mol. The molecule has 0 radical (unpaired) electrons. The van der Waals surface area contributed by atoms with Gasteiger partial charge in [-0.05, 0) is 37.0 Å². The van der Waals surface area contributed by atoms with Crippen LogP contribution in [0.1, 0.15) is 19.8 Å². The number of ether oxygens (including phenoxy) is 2. The summed E-state index contributed by atoms with van der Waals surface area (Å²) in [4.78, 5) is 26.8. The normalized spacial score (nSPS) is 15.4. The van der Waals surface area contributed by atoms with Crippen molar-refractivity contribution >= 4 is 16.7 Å². The Morgan fingerprint density at radius 1 is 1.19 bits per heavy atom. The van der Waals surface area contributed by atoms with Gasteiger partial charge in [0.05, 0.1) is 12.0 Å². The van der Waals surface area contributed by atoms with Crippen molar-refractivity contribution in [3.63, 3.8) is 0 Å². The van der Waals surface area contributed by atoms with E-state index in [1.54, 1.807) is 36.1 Å². The second-order valence-corrected chi connectivity index (χ2v) is 6.88. The highest BCUT2D eigenvalue weighted by Gasteiger charge is 2.20. The molecule has 1 amide bonds. The van der Waals surface area contributed by atoms with E-state index in [-0.39, 0.29) is 18.1 Å². The molecule has 1 saturated heterocycles. The number of fused-ring (bicyclic) bond motifs is 1. The number of aromatic nitrogens is 1. The number of hydrogen-bond donors (Lipinski definition) is 0. The van der Waals surface area contributed by atoms with Gasteiger partial charge in [0.25, 0.3) is 11.5 Å². The summed E-state index contributed by atoms with van der Waals surface area (Å²) in [5, 5.41) is 1.31. The molecule has 6 nitrogen and oxygen atoms in total. The third kappa shape index (κ3) is 4.07. The number of carbonyl (C=O) groups excluding carboxylic acids is 1. The summed E-state index contributed by atoms with van der Waals surface area (Å²) in [6.45, 7) is 4.78. The number of amides is 1. The lowest BCUT2D eigenvalue weighted by molar-refractivity contribution is -0.134. The first-order chi connectivity index (χ1) is 12.6. The molecule has 2 heterocycles. The molecule has 1 fully saturated rings. The van der Waals surface area contributed by atoms with Crippen LogP contribution in [0.5, 0.6) is 5.75 Å². The maximum atomic E-state index is 12.6. The first-order valence-electron chi connectivity index (χ1n) is 9.12. The quantitative estimate of drug-likeness (QED) is 0.795. The highest BCUT2D eigenvalue weighted by molar-refractivity contribution is 5.88. The summed E-state index contributed by atoms with van der Waals surface area (Å²) in [5.41, 5.74) is -0.0821. The van der Waals surface area contributed by atoms with Crippen LogP contribution in [0, 0.1) is 5.92 Å². The number of rotatable bonds is 6. The van der Waals surface area contributed by atoms with Crippen LogP contribution in [0.4, 0.5) is 0 Å². The van der Waals surface area contributed by atoms with Crippen molar-refractivity contribution in [2.45, 2.75) is 26.3 Å². The molecule has 1 aromatic carbocycles. The van der Waals surface area contributed by atoms with E-state index >= 15 is 0 Å². The van der Waals surface area contributed by atoms with Crippen LogP contribution in [0.25, 0.3) is 10.8 Å². The fourth-order valence-electron chi connectivity index (χ4n) is 3.27. The lowest BCUT2D eigenvalue weighted by atomic mass is 9.99. The van der Waals surface area contributed by atoms with Crippen LogP contribution in [0.3, 0.4) is 0 Å². The minimum absolute atomic E-state index is 0.000252. The molecular formula is C20H26N2O4. The standard InChI is InChI=1S/C20H26N2O4/c1-15-6-9-21(10-7-15)19(23)14-26-18-5-3-4-17-16(18)8-11-22(20(17)24)12-13-25-2/h3-5,8,11,15H,6-7,9-10,12-14H2,1-2H3. The topological polar surface area (TPSA) is 60.8 Å². The summed E-state index contributed by atoms with van der Waals surface area (Å²) >= 11 is 0. The Balaban J connectivity index is 1.73. The molecule has 26 heavy (non-hydrogen) atoms. The summed E-state index contributed by atoms with van der Waals surface area (Å²) in [6, 6.07) is 7.22. The Morgan fingerprint density at radius 2 is 1.96 bits per heavy atom. The van der Waals surface area contributed by atoms with Crippen LogP contribution >= 0.6 is 0 Å². The molecular weight excluding hydrogens is 332 g/mol. The third-order valence-corrected chi connectivity index (χ3v) is 5.00. The predicted octanol–water partition coefficient (Wildman–Crippen LogP) is 2.29. The van der Waals surface area contributed by atoms with Gasteiger partial charge in [0.15, 0.2) is 6.61 Å². The molecule has 0 saturated carbocycles. The van der Waals surface area contributed by atoms with Crippen molar-refractivity contribution in [2.24, 2.45) is 5.92 Å². The van der Waals surface area contributed by atoms with Crippen molar-refractivity contribution in [1.82, 2.24) is 9.47 Å². The molecule has 1 aliphatic heterocycles. The number of hydrogen-bond acceptors (Lipinski definition) is 4. The van der Waals surface area contributed by atoms with Gasteiger partial charge in [0.2, 0.25) is 0 Å². The number of piperidine rings is 1. The molecule has 2 aromatic rings. The molecule has 1 aliphatic rings. The molecule has 1 aromatic heterocycles. The minimum atomic E-state index is -0.0821. The van der Waals surface area contributed by atoms with Crippen LogP contribution in [-0.4, -0.2) is 48.8 Å². The zero-order valence-corrected chi connectivity index (χ0v) is 15.4. The third-order valence-electron chi connectivity index (χ3n) is 5.00. The Kier molecular flexibility index (Phi) is 5.93. The van der Waals surface area contributed by atoms with Gasteiger partial charge >= 0.3 is 0 Å². The van der Waals surface area contributed by atoms with Gasteiger partial charge < -0.3 is 18.9 Å². The Bertz CT molecular complexity index is 822. The van der Waals surface area contributed by atoms with Crippen LogP contribution < -0.4 is 10.3 Å². The largest absolute Gasteiger partial charge is 0.483 e. The zero-order valence-electron chi connectivity index (χ0n) is 15.4. The Labute approximate surface area is 153 Å². The van der Waals surface area contributed by atoms with E-state index in [9.17, 15) is 9.59 Å². The number of nitrogens with zero attached hydrogens (tertiary/aromatic N) is 2. The van der Waals surface area contributed by atoms with Crippen molar-refractivity contribution in [2.75, 3.05) is 33.4 Å². The molecule has 0 unspecified atom stereocenters. The summed E-state index contributed by atoms with van der Waals surface area (Å²) in [7, 11) is 1.61. The molecule has 0 atom stereocenters. The van der Waals surface area contributed by atoms with E-state index in [2.05, 4.69) is 6.92 Å². The molecule has 6 heteroatoms. The van der Waals surface area contributed by atoms with Crippen molar-refractivity contribution < 1.29 is 14.3 Å². The number of benzene rings is 1. The fraction of sp³-hybridized carbons (Fsp3) is 0.500. The molecule has 140 valence electrons. The predicted molar refractivity (Wildman–Crippen MR) is 101 cm³/mol. The van der Waals surface area contributed by atoms with E-state index in [0.717, 1.165) is 31.3 Å². The average Bonchev–Trinajstić information content (AvgIpc) is 2.66. The second-order valence-electron chi connectivity index (χ2n) is 6.88. The van der Waals surface area contributed by atoms with E-state index < -0.39 is 0 Å². The lowest BCUT2D eigenvalue weighted by Crippen LogP contribution is -2.40. The van der Waals surface area contributed by atoms with Crippen LogP contribution in [0.2, 0.25) is 0 Å². The molecule has 0 spiro atoms. The number of methoxy groups -OCH3 is 1. The van der Waals surface area contributed by atoms with Gasteiger partial charge in [-0.3, -0.25) is 9.59 Å². The summed E-state index contributed by atoms with van der Waals surface area (Å²) in [6.07, 6.45) is 3.83. The van der Waals surface area contributed by atoms with Gasteiger partial charge in [0.1, 0.15) is 5.75 Å². The Hall–Kier alpha value is -2.34. The highest BCUT2D eigenvalue weighted by Crippen LogP contribution is 2.23. The maximum absolute atomic E-state index is 12.6. The van der Waals surface area contributed by atoms with Crippen molar-refractivity contribution in [3.8, 4) is 5.75 Å².